The molecule has 1 aromatic rings. The van der Waals surface area contributed by atoms with E-state index in [0.717, 1.165) is 12.8 Å². The van der Waals surface area contributed by atoms with Crippen molar-refractivity contribution in [3.63, 3.8) is 0 Å². The number of halogens is 1. The van der Waals surface area contributed by atoms with E-state index in [9.17, 15) is 0 Å². The molecule has 0 aliphatic carbocycles. The fourth-order valence-electron chi connectivity index (χ4n) is 1.16. The third-order valence-electron chi connectivity index (χ3n) is 1.86. The summed E-state index contributed by atoms with van der Waals surface area (Å²) in [5.74, 6) is 0.0676. The highest BCUT2D eigenvalue weighted by atomic mass is 35.5. The minimum absolute atomic E-state index is 0. The van der Waals surface area contributed by atoms with Gasteiger partial charge in [0, 0.05) is 6.54 Å². The molecule has 0 aliphatic heterocycles. The maximum Gasteiger partial charge on any atom is 0.212 e. The summed E-state index contributed by atoms with van der Waals surface area (Å²) in [6, 6.07) is 10.2. The van der Waals surface area contributed by atoms with Gasteiger partial charge in [-0.25, -0.2) is 5.48 Å². The van der Waals surface area contributed by atoms with E-state index >= 15 is 0 Å². The molecule has 15 heavy (non-hydrogen) atoms. The van der Waals surface area contributed by atoms with E-state index in [0.29, 0.717) is 6.54 Å². The number of benzene rings is 1. The number of hydrogen-bond donors (Lipinski definition) is 3. The van der Waals surface area contributed by atoms with Crippen LogP contribution < -0.4 is 11.2 Å². The Hall–Kier alpha value is -1.26. The lowest BCUT2D eigenvalue weighted by Gasteiger charge is -1.99. The Morgan fingerprint density at radius 1 is 1.33 bits per heavy atom. The number of guanidine groups is 1. The van der Waals surface area contributed by atoms with Crippen LogP contribution in [0.2, 0.25) is 0 Å². The Morgan fingerprint density at radius 2 is 2.00 bits per heavy atom. The van der Waals surface area contributed by atoms with Gasteiger partial charge in [0.25, 0.3) is 0 Å². The Kier molecular flexibility index (Phi) is 7.40. The van der Waals surface area contributed by atoms with Gasteiger partial charge in [0.2, 0.25) is 5.96 Å². The van der Waals surface area contributed by atoms with Crippen LogP contribution in [0.25, 0.3) is 0 Å². The normalized spacial score (nSPS) is 10.6. The summed E-state index contributed by atoms with van der Waals surface area (Å²) in [5, 5.41) is 8.35. The van der Waals surface area contributed by atoms with Gasteiger partial charge in [0.15, 0.2) is 0 Å². The quantitative estimate of drug-likeness (QED) is 0.316. The number of hydrogen-bond acceptors (Lipinski definition) is 2. The van der Waals surface area contributed by atoms with E-state index in [1.165, 1.54) is 5.56 Å². The second-order valence-electron chi connectivity index (χ2n) is 2.97. The van der Waals surface area contributed by atoms with E-state index < -0.39 is 0 Å². The van der Waals surface area contributed by atoms with E-state index in [1.807, 2.05) is 18.2 Å². The number of hydroxylamine groups is 1. The first-order chi connectivity index (χ1) is 6.83. The van der Waals surface area contributed by atoms with Crippen molar-refractivity contribution in [1.29, 1.82) is 0 Å². The average molecular weight is 230 g/mol. The molecule has 5 heteroatoms. The maximum absolute atomic E-state index is 8.35. The van der Waals surface area contributed by atoms with E-state index in [1.54, 1.807) is 5.48 Å². The minimum atomic E-state index is 0. The molecule has 0 saturated carbocycles. The summed E-state index contributed by atoms with van der Waals surface area (Å²) in [6.07, 6.45) is 1.90. The second kappa shape index (κ2) is 8.08. The summed E-state index contributed by atoms with van der Waals surface area (Å²) in [7, 11) is 0. The fourth-order valence-corrected chi connectivity index (χ4v) is 1.16. The zero-order chi connectivity index (χ0) is 10.2. The lowest BCUT2D eigenvalue weighted by Crippen LogP contribution is -2.28. The molecule has 0 aliphatic rings. The number of aryl methyl sites for hydroxylation is 1. The van der Waals surface area contributed by atoms with Crippen LogP contribution in [0.4, 0.5) is 0 Å². The van der Waals surface area contributed by atoms with Crippen molar-refractivity contribution >= 4 is 18.4 Å². The first-order valence-corrected chi connectivity index (χ1v) is 4.57. The van der Waals surface area contributed by atoms with Crippen LogP contribution in [0.1, 0.15) is 12.0 Å². The van der Waals surface area contributed by atoms with Crippen LogP contribution in [0, 0.1) is 0 Å². The highest BCUT2D eigenvalue weighted by molar-refractivity contribution is 5.85. The standard InChI is InChI=1S/C10H15N3O.ClH/c11-10(13-14)12-8-4-7-9-5-2-1-3-6-9;/h1-3,5-6,14H,4,7-8H2,(H3,11,12,13);1H. The van der Waals surface area contributed by atoms with E-state index in [4.69, 9.17) is 10.9 Å². The smallest absolute Gasteiger partial charge is 0.212 e. The van der Waals surface area contributed by atoms with Crippen molar-refractivity contribution in [3.05, 3.63) is 35.9 Å². The third-order valence-corrected chi connectivity index (χ3v) is 1.86. The maximum atomic E-state index is 8.35. The fraction of sp³-hybridized carbons (Fsp3) is 0.300. The molecule has 0 spiro atoms. The first kappa shape index (κ1) is 13.7. The topological polar surface area (TPSA) is 70.6 Å². The Bertz CT molecular complexity index is 290. The lowest BCUT2D eigenvalue weighted by molar-refractivity contribution is 0.232. The molecule has 84 valence electrons. The number of nitrogens with one attached hydrogen (secondary N) is 1. The molecule has 1 aromatic carbocycles. The van der Waals surface area contributed by atoms with Crippen LogP contribution >= 0.6 is 12.4 Å². The predicted octanol–water partition coefficient (Wildman–Crippen LogP) is 1.33. The first-order valence-electron chi connectivity index (χ1n) is 4.57. The summed E-state index contributed by atoms with van der Waals surface area (Å²) in [6.45, 7) is 0.619. The van der Waals surface area contributed by atoms with Crippen molar-refractivity contribution in [1.82, 2.24) is 5.48 Å². The van der Waals surface area contributed by atoms with E-state index in [2.05, 4.69) is 17.1 Å². The lowest BCUT2D eigenvalue weighted by atomic mass is 10.1. The molecule has 0 bridgehead atoms. The van der Waals surface area contributed by atoms with Gasteiger partial charge in [0.05, 0.1) is 0 Å². The van der Waals surface area contributed by atoms with E-state index in [-0.39, 0.29) is 18.4 Å². The Morgan fingerprint density at radius 3 is 2.60 bits per heavy atom. The van der Waals surface area contributed by atoms with Gasteiger partial charge in [0.1, 0.15) is 0 Å². The van der Waals surface area contributed by atoms with Gasteiger partial charge in [-0.3, -0.25) is 10.2 Å². The molecule has 0 amide bonds. The van der Waals surface area contributed by atoms with Crippen molar-refractivity contribution < 1.29 is 5.21 Å². The zero-order valence-electron chi connectivity index (χ0n) is 8.39. The largest absolute Gasteiger partial charge is 0.368 e. The van der Waals surface area contributed by atoms with Crippen LogP contribution in [-0.2, 0) is 6.42 Å². The van der Waals surface area contributed by atoms with Crippen LogP contribution in [0.5, 0.6) is 0 Å². The molecule has 0 fully saturated rings. The highest BCUT2D eigenvalue weighted by Crippen LogP contribution is 2.01. The molecule has 0 heterocycles. The number of nitrogens with zero attached hydrogens (tertiary/aromatic N) is 1. The average Bonchev–Trinajstić information content (AvgIpc) is 2.25. The van der Waals surface area contributed by atoms with Crippen molar-refractivity contribution in [3.8, 4) is 0 Å². The molecule has 4 N–H and O–H groups in total. The van der Waals surface area contributed by atoms with Crippen molar-refractivity contribution in [2.45, 2.75) is 12.8 Å². The molecular formula is C10H16ClN3O. The third kappa shape index (κ3) is 5.93. The van der Waals surface area contributed by atoms with Gasteiger partial charge >= 0.3 is 0 Å². The minimum Gasteiger partial charge on any atom is -0.368 e. The van der Waals surface area contributed by atoms with Crippen molar-refractivity contribution in [2.24, 2.45) is 10.7 Å². The summed E-state index contributed by atoms with van der Waals surface area (Å²) < 4.78 is 0. The van der Waals surface area contributed by atoms with Gasteiger partial charge in [-0.1, -0.05) is 30.3 Å². The van der Waals surface area contributed by atoms with Gasteiger partial charge < -0.3 is 5.73 Å². The molecule has 0 aromatic heterocycles. The molecule has 0 saturated heterocycles. The van der Waals surface area contributed by atoms with Crippen LogP contribution in [0.3, 0.4) is 0 Å². The van der Waals surface area contributed by atoms with Crippen LogP contribution in [-0.4, -0.2) is 17.7 Å². The van der Waals surface area contributed by atoms with Crippen molar-refractivity contribution in [2.75, 3.05) is 6.54 Å². The van der Waals surface area contributed by atoms with Gasteiger partial charge in [-0.15, -0.1) is 12.4 Å². The molecule has 0 atom stereocenters. The SMILES string of the molecule is Cl.NC(=NCCCc1ccccc1)NO. The zero-order valence-corrected chi connectivity index (χ0v) is 9.20. The molecular weight excluding hydrogens is 214 g/mol. The predicted molar refractivity (Wildman–Crippen MR) is 63.4 cm³/mol. The molecule has 0 radical (unpaired) electrons. The summed E-state index contributed by atoms with van der Waals surface area (Å²) in [5.41, 5.74) is 8.32. The summed E-state index contributed by atoms with van der Waals surface area (Å²) in [4.78, 5) is 3.89. The summed E-state index contributed by atoms with van der Waals surface area (Å²) >= 11 is 0. The van der Waals surface area contributed by atoms with Gasteiger partial charge in [-0.2, -0.15) is 0 Å². The monoisotopic (exact) mass is 229 g/mol. The molecule has 0 unspecified atom stereocenters. The Labute approximate surface area is 95.6 Å². The molecule has 4 nitrogen and oxygen atoms in total. The van der Waals surface area contributed by atoms with Gasteiger partial charge in [-0.05, 0) is 18.4 Å². The second-order valence-corrected chi connectivity index (χ2v) is 2.97. The highest BCUT2D eigenvalue weighted by Gasteiger charge is 1.91. The molecule has 1 rings (SSSR count). The number of aliphatic imine (C=N–C) groups is 1. The Balaban J connectivity index is 0.00000196. The number of nitrogens with two attached hydrogens (primary N) is 1. The van der Waals surface area contributed by atoms with Crippen LogP contribution in [0.15, 0.2) is 35.3 Å². The number of rotatable bonds is 4.